The van der Waals surface area contributed by atoms with Gasteiger partial charge in [-0.25, -0.2) is 13.2 Å². The van der Waals surface area contributed by atoms with E-state index in [2.05, 4.69) is 9.73 Å². The maximum atomic E-state index is 13.9. The summed E-state index contributed by atoms with van der Waals surface area (Å²) in [7, 11) is 2.60. The Hall–Kier alpha value is -2.05. The van der Waals surface area contributed by atoms with E-state index in [9.17, 15) is 18.0 Å². The van der Waals surface area contributed by atoms with E-state index >= 15 is 0 Å². The van der Waals surface area contributed by atoms with Gasteiger partial charge >= 0.3 is 5.97 Å². The molecule has 114 valence electrons. The molecule has 0 fully saturated rings. The van der Waals surface area contributed by atoms with E-state index in [0.29, 0.717) is 12.0 Å². The molecule has 0 spiro atoms. The zero-order chi connectivity index (χ0) is 15.6. The molecule has 0 aromatic heterocycles. The average Bonchev–Trinajstić information content (AvgIpc) is 2.49. The Morgan fingerprint density at radius 2 is 1.86 bits per heavy atom. The van der Waals surface area contributed by atoms with Crippen LogP contribution in [0.15, 0.2) is 17.1 Å². The SMILES string of the molecule is COC(=O)[C@@H]1CN=C(OC)C[C@H]1c1cc(F)c(F)cc1F. The van der Waals surface area contributed by atoms with Crippen LogP contribution in [0.4, 0.5) is 13.2 Å². The van der Waals surface area contributed by atoms with Gasteiger partial charge in [-0.3, -0.25) is 9.79 Å². The monoisotopic (exact) mass is 301 g/mol. The van der Waals surface area contributed by atoms with E-state index < -0.39 is 35.3 Å². The molecule has 1 aromatic rings. The number of carbonyl (C=O) groups is 1. The van der Waals surface area contributed by atoms with Crippen LogP contribution >= 0.6 is 0 Å². The van der Waals surface area contributed by atoms with Crippen molar-refractivity contribution in [2.75, 3.05) is 20.8 Å². The first kappa shape index (κ1) is 15.3. The first-order chi connectivity index (χ1) is 9.97. The Morgan fingerprint density at radius 3 is 2.48 bits per heavy atom. The average molecular weight is 301 g/mol. The normalized spacial score (nSPS) is 21.7. The molecule has 21 heavy (non-hydrogen) atoms. The summed E-state index contributed by atoms with van der Waals surface area (Å²) in [6.45, 7) is 0.0406. The van der Waals surface area contributed by atoms with Crippen molar-refractivity contribution >= 4 is 11.9 Å². The largest absolute Gasteiger partial charge is 0.484 e. The van der Waals surface area contributed by atoms with Gasteiger partial charge in [0, 0.05) is 18.4 Å². The molecule has 0 radical (unpaired) electrons. The lowest BCUT2D eigenvalue weighted by Gasteiger charge is -2.28. The molecule has 1 heterocycles. The Bertz CT molecular complexity index is 589. The van der Waals surface area contributed by atoms with Crippen LogP contribution in [0.2, 0.25) is 0 Å². The molecule has 7 heteroatoms. The minimum absolute atomic E-state index is 0.0406. The van der Waals surface area contributed by atoms with Gasteiger partial charge in [-0.15, -0.1) is 0 Å². The first-order valence-electron chi connectivity index (χ1n) is 6.27. The Labute approximate surface area is 119 Å². The third-order valence-electron chi connectivity index (χ3n) is 3.52. The molecule has 0 unspecified atom stereocenters. The van der Waals surface area contributed by atoms with Crippen molar-refractivity contribution in [2.24, 2.45) is 10.9 Å². The summed E-state index contributed by atoms with van der Waals surface area (Å²) in [6.07, 6.45) is 0.109. The number of carbonyl (C=O) groups excluding carboxylic acids is 1. The van der Waals surface area contributed by atoms with Gasteiger partial charge in [0.25, 0.3) is 0 Å². The third-order valence-corrected chi connectivity index (χ3v) is 3.52. The van der Waals surface area contributed by atoms with Crippen molar-refractivity contribution in [1.82, 2.24) is 0 Å². The minimum Gasteiger partial charge on any atom is -0.484 e. The molecular formula is C14H14F3NO3. The van der Waals surface area contributed by atoms with Crippen molar-refractivity contribution in [1.29, 1.82) is 0 Å². The van der Waals surface area contributed by atoms with Crippen LogP contribution in [0.5, 0.6) is 0 Å². The highest BCUT2D eigenvalue weighted by atomic mass is 19.2. The molecule has 0 aliphatic carbocycles. The summed E-state index contributed by atoms with van der Waals surface area (Å²) >= 11 is 0. The van der Waals surface area contributed by atoms with Gasteiger partial charge in [0.1, 0.15) is 5.82 Å². The Kier molecular flexibility index (Phi) is 4.50. The number of esters is 1. The van der Waals surface area contributed by atoms with Crippen molar-refractivity contribution in [3.8, 4) is 0 Å². The van der Waals surface area contributed by atoms with Gasteiger partial charge in [0.2, 0.25) is 0 Å². The lowest BCUT2D eigenvalue weighted by molar-refractivity contribution is -0.146. The third kappa shape index (κ3) is 3.01. The summed E-state index contributed by atoms with van der Waals surface area (Å²) in [4.78, 5) is 15.8. The molecule has 2 atom stereocenters. The van der Waals surface area contributed by atoms with E-state index in [-0.39, 0.29) is 18.5 Å². The molecule has 2 rings (SSSR count). The van der Waals surface area contributed by atoms with Crippen LogP contribution in [0, 0.1) is 23.4 Å². The second-order valence-corrected chi connectivity index (χ2v) is 4.67. The molecule has 0 saturated heterocycles. The van der Waals surface area contributed by atoms with Crippen LogP contribution in [0.3, 0.4) is 0 Å². The lowest BCUT2D eigenvalue weighted by atomic mass is 9.81. The Balaban J connectivity index is 2.44. The molecule has 0 bridgehead atoms. The zero-order valence-electron chi connectivity index (χ0n) is 11.5. The van der Waals surface area contributed by atoms with E-state index in [4.69, 9.17) is 4.74 Å². The van der Waals surface area contributed by atoms with Gasteiger partial charge in [-0.1, -0.05) is 0 Å². The van der Waals surface area contributed by atoms with E-state index in [0.717, 1.165) is 6.07 Å². The topological polar surface area (TPSA) is 47.9 Å². The highest BCUT2D eigenvalue weighted by molar-refractivity contribution is 5.82. The smallest absolute Gasteiger partial charge is 0.311 e. The highest BCUT2D eigenvalue weighted by Crippen LogP contribution is 2.35. The number of aliphatic imine (C=N–C) groups is 1. The van der Waals surface area contributed by atoms with Crippen molar-refractivity contribution in [3.05, 3.63) is 35.1 Å². The summed E-state index contributed by atoms with van der Waals surface area (Å²) in [5.41, 5.74) is -0.0891. The highest BCUT2D eigenvalue weighted by Gasteiger charge is 2.36. The lowest BCUT2D eigenvalue weighted by Crippen LogP contribution is -2.33. The number of benzene rings is 1. The van der Waals surface area contributed by atoms with Crippen molar-refractivity contribution in [3.63, 3.8) is 0 Å². The summed E-state index contributed by atoms with van der Waals surface area (Å²) in [6, 6.07) is 1.24. The number of rotatable bonds is 2. The maximum absolute atomic E-state index is 13.9. The van der Waals surface area contributed by atoms with E-state index in [1.54, 1.807) is 0 Å². The molecule has 1 aliphatic heterocycles. The second-order valence-electron chi connectivity index (χ2n) is 4.67. The van der Waals surface area contributed by atoms with Gasteiger partial charge in [-0.05, 0) is 11.6 Å². The van der Waals surface area contributed by atoms with Crippen LogP contribution in [0.1, 0.15) is 17.9 Å². The number of methoxy groups -OCH3 is 2. The van der Waals surface area contributed by atoms with Gasteiger partial charge < -0.3 is 9.47 Å². The molecule has 1 aromatic carbocycles. The van der Waals surface area contributed by atoms with Gasteiger partial charge in [0.15, 0.2) is 17.5 Å². The summed E-state index contributed by atoms with van der Waals surface area (Å²) in [5, 5.41) is 0. The number of hydrogen-bond acceptors (Lipinski definition) is 4. The fourth-order valence-corrected chi connectivity index (χ4v) is 2.41. The van der Waals surface area contributed by atoms with E-state index in [1.165, 1.54) is 14.2 Å². The second kappa shape index (κ2) is 6.15. The van der Waals surface area contributed by atoms with Crippen molar-refractivity contribution in [2.45, 2.75) is 12.3 Å². The summed E-state index contributed by atoms with van der Waals surface area (Å²) < 4.78 is 50.0. The first-order valence-corrected chi connectivity index (χ1v) is 6.27. The number of hydrogen-bond donors (Lipinski definition) is 0. The quantitative estimate of drug-likeness (QED) is 0.622. The molecular weight excluding hydrogens is 287 g/mol. The molecule has 0 N–H and O–H groups in total. The fourth-order valence-electron chi connectivity index (χ4n) is 2.41. The van der Waals surface area contributed by atoms with Gasteiger partial charge in [-0.2, -0.15) is 0 Å². The van der Waals surface area contributed by atoms with Crippen LogP contribution in [0.25, 0.3) is 0 Å². The molecule has 1 aliphatic rings. The van der Waals surface area contributed by atoms with Gasteiger partial charge in [0.05, 0.1) is 26.7 Å². The van der Waals surface area contributed by atoms with Crippen molar-refractivity contribution < 1.29 is 27.4 Å². The maximum Gasteiger partial charge on any atom is 0.311 e. The van der Waals surface area contributed by atoms with E-state index in [1.807, 2.05) is 0 Å². The standard InChI is InChI=1S/C14H14F3NO3/c1-20-13-4-7(9(6-18-13)14(19)21-2)8-3-11(16)12(17)5-10(8)15/h3,5,7,9H,4,6H2,1-2H3/t7-,9+/m0/s1. The predicted molar refractivity (Wildman–Crippen MR) is 68.5 cm³/mol. The molecule has 4 nitrogen and oxygen atoms in total. The number of nitrogens with zero attached hydrogens (tertiary/aromatic N) is 1. The van der Waals surface area contributed by atoms with Crippen LogP contribution in [-0.4, -0.2) is 32.6 Å². The molecule has 0 saturated carbocycles. The predicted octanol–water partition coefficient (Wildman–Crippen LogP) is 2.43. The van der Waals surface area contributed by atoms with Crippen LogP contribution < -0.4 is 0 Å². The summed E-state index contributed by atoms with van der Waals surface area (Å²) in [5.74, 6) is -5.11. The zero-order valence-corrected chi connectivity index (χ0v) is 11.5. The minimum atomic E-state index is -1.28. The van der Waals surface area contributed by atoms with Crippen LogP contribution in [-0.2, 0) is 14.3 Å². The Morgan fingerprint density at radius 1 is 1.19 bits per heavy atom. The number of ether oxygens (including phenoxy) is 2. The fraction of sp³-hybridized carbons (Fsp3) is 0.429. The molecule has 0 amide bonds. The number of halogens is 3.